The van der Waals surface area contributed by atoms with E-state index in [1.54, 1.807) is 30.4 Å². The van der Waals surface area contributed by atoms with E-state index in [2.05, 4.69) is 16.9 Å². The molecule has 1 N–H and O–H groups in total. The maximum absolute atomic E-state index is 13.1. The number of amidine groups is 1. The Bertz CT molecular complexity index is 1400. The van der Waals surface area contributed by atoms with E-state index in [4.69, 9.17) is 9.47 Å². The number of nitrogens with zero attached hydrogens (tertiary/aromatic N) is 2. The molecule has 8 nitrogen and oxygen atoms in total. The number of allylic oxidation sites excluding steroid dienone is 1. The number of hydrogen-bond acceptors (Lipinski definition) is 7. The van der Waals surface area contributed by atoms with Gasteiger partial charge in [0.15, 0.2) is 16.7 Å². The van der Waals surface area contributed by atoms with E-state index in [0.29, 0.717) is 33.7 Å². The van der Waals surface area contributed by atoms with Crippen LogP contribution in [0.4, 0.5) is 15.8 Å². The lowest BCUT2D eigenvalue weighted by molar-refractivity contribution is -0.384. The fourth-order valence-electron chi connectivity index (χ4n) is 3.52. The molecule has 3 aromatic carbocycles. The Hall–Kier alpha value is -4.44. The zero-order chi connectivity index (χ0) is 26.4. The minimum atomic E-state index is -0.455. The number of non-ortho nitro benzene ring substituents is 1. The SMILES string of the molecule is C=CCc1cc(/C=C2/SC(=Nc3ccc(F)cc3)NC2=O)cc(OC)c1OCc1ccc([N+](=O)[O-])cc1. The van der Waals surface area contributed by atoms with Crippen molar-refractivity contribution < 1.29 is 23.6 Å². The summed E-state index contributed by atoms with van der Waals surface area (Å²) >= 11 is 1.18. The van der Waals surface area contributed by atoms with Gasteiger partial charge in [-0.3, -0.25) is 14.9 Å². The maximum atomic E-state index is 13.1. The molecular weight excluding hydrogens is 497 g/mol. The Balaban J connectivity index is 1.57. The van der Waals surface area contributed by atoms with Gasteiger partial charge in [0.25, 0.3) is 11.6 Å². The van der Waals surface area contributed by atoms with Gasteiger partial charge in [-0.1, -0.05) is 6.08 Å². The number of nitrogens with one attached hydrogen (secondary N) is 1. The Morgan fingerprint density at radius 1 is 1.16 bits per heavy atom. The number of nitro groups is 1. The summed E-state index contributed by atoms with van der Waals surface area (Å²) in [5, 5.41) is 14.0. The first-order valence-corrected chi connectivity index (χ1v) is 11.9. The topological polar surface area (TPSA) is 103 Å². The Labute approximate surface area is 216 Å². The van der Waals surface area contributed by atoms with Crippen LogP contribution in [0.5, 0.6) is 11.5 Å². The normalized spacial score (nSPS) is 15.0. The number of carbonyl (C=O) groups excluding carboxylic acids is 1. The van der Waals surface area contributed by atoms with Crippen LogP contribution in [-0.4, -0.2) is 23.1 Å². The van der Waals surface area contributed by atoms with E-state index in [0.717, 1.165) is 16.7 Å². The summed E-state index contributed by atoms with van der Waals surface area (Å²) in [7, 11) is 1.52. The molecule has 1 amide bonds. The summed E-state index contributed by atoms with van der Waals surface area (Å²) in [6.07, 6.45) is 3.94. The zero-order valence-corrected chi connectivity index (χ0v) is 20.6. The number of amides is 1. The predicted molar refractivity (Wildman–Crippen MR) is 142 cm³/mol. The third-order valence-corrected chi connectivity index (χ3v) is 6.18. The molecule has 1 saturated heterocycles. The van der Waals surface area contributed by atoms with Crippen LogP contribution in [0, 0.1) is 15.9 Å². The number of benzene rings is 3. The summed E-state index contributed by atoms with van der Waals surface area (Å²) in [5.74, 6) is 0.326. The van der Waals surface area contributed by atoms with Crippen LogP contribution < -0.4 is 14.8 Å². The number of aliphatic imine (C=N–C) groups is 1. The van der Waals surface area contributed by atoms with Crippen molar-refractivity contribution in [1.82, 2.24) is 5.32 Å². The molecule has 1 heterocycles. The Morgan fingerprint density at radius 2 is 1.89 bits per heavy atom. The van der Waals surface area contributed by atoms with E-state index >= 15 is 0 Å². The third-order valence-electron chi connectivity index (χ3n) is 5.27. The lowest BCUT2D eigenvalue weighted by Crippen LogP contribution is -2.19. The fourth-order valence-corrected chi connectivity index (χ4v) is 4.37. The molecule has 0 bridgehead atoms. The second-order valence-corrected chi connectivity index (χ2v) is 8.91. The first-order chi connectivity index (χ1) is 17.9. The monoisotopic (exact) mass is 519 g/mol. The molecule has 4 rings (SSSR count). The molecule has 0 radical (unpaired) electrons. The molecule has 10 heteroatoms. The van der Waals surface area contributed by atoms with E-state index < -0.39 is 4.92 Å². The van der Waals surface area contributed by atoms with Crippen LogP contribution in [0.2, 0.25) is 0 Å². The van der Waals surface area contributed by atoms with Crippen LogP contribution >= 0.6 is 11.8 Å². The minimum absolute atomic E-state index is 0.00533. The van der Waals surface area contributed by atoms with Gasteiger partial charge in [-0.25, -0.2) is 9.38 Å². The number of ether oxygens (including phenoxy) is 2. The molecule has 3 aromatic rings. The van der Waals surface area contributed by atoms with Gasteiger partial charge in [0, 0.05) is 17.7 Å². The van der Waals surface area contributed by atoms with Crippen LogP contribution in [0.3, 0.4) is 0 Å². The Kier molecular flexibility index (Phi) is 7.99. The second-order valence-electron chi connectivity index (χ2n) is 7.87. The van der Waals surface area contributed by atoms with Gasteiger partial charge in [0.2, 0.25) is 0 Å². The molecule has 0 aliphatic carbocycles. The van der Waals surface area contributed by atoms with Crippen molar-refractivity contribution in [3.05, 3.63) is 111 Å². The van der Waals surface area contributed by atoms with E-state index in [1.807, 2.05) is 6.07 Å². The summed E-state index contributed by atoms with van der Waals surface area (Å²) in [4.78, 5) is 27.7. The van der Waals surface area contributed by atoms with E-state index in [9.17, 15) is 19.3 Å². The number of thioether (sulfide) groups is 1. The number of carbonyl (C=O) groups is 1. The summed E-state index contributed by atoms with van der Waals surface area (Å²) < 4.78 is 24.8. The molecule has 37 heavy (non-hydrogen) atoms. The van der Waals surface area contributed by atoms with Crippen molar-refractivity contribution in [3.63, 3.8) is 0 Å². The molecule has 188 valence electrons. The largest absolute Gasteiger partial charge is 0.493 e. The quantitative estimate of drug-likeness (QED) is 0.162. The highest BCUT2D eigenvalue weighted by Crippen LogP contribution is 2.36. The molecule has 0 spiro atoms. The molecule has 1 fully saturated rings. The van der Waals surface area contributed by atoms with Gasteiger partial charge in [-0.15, -0.1) is 6.58 Å². The number of rotatable bonds is 9. The van der Waals surface area contributed by atoms with Crippen molar-refractivity contribution in [2.24, 2.45) is 4.99 Å². The second kappa shape index (κ2) is 11.5. The third kappa shape index (κ3) is 6.42. The molecule has 0 aromatic heterocycles. The summed E-state index contributed by atoms with van der Waals surface area (Å²) in [5.41, 5.74) is 2.81. The molecular formula is C27H22FN3O5S. The number of nitro benzene ring substituents is 1. The lowest BCUT2D eigenvalue weighted by Gasteiger charge is -2.16. The van der Waals surface area contributed by atoms with Crippen molar-refractivity contribution in [2.75, 3.05) is 7.11 Å². The van der Waals surface area contributed by atoms with Crippen molar-refractivity contribution >= 4 is 40.3 Å². The smallest absolute Gasteiger partial charge is 0.269 e. The predicted octanol–water partition coefficient (Wildman–Crippen LogP) is 5.94. The number of methoxy groups -OCH3 is 1. The van der Waals surface area contributed by atoms with Crippen molar-refractivity contribution in [1.29, 1.82) is 0 Å². The Morgan fingerprint density at radius 3 is 2.54 bits per heavy atom. The molecule has 0 saturated carbocycles. The van der Waals surface area contributed by atoms with Crippen LogP contribution in [0.25, 0.3) is 6.08 Å². The van der Waals surface area contributed by atoms with Crippen LogP contribution in [0.15, 0.2) is 83.2 Å². The van der Waals surface area contributed by atoms with E-state index in [1.165, 1.54) is 55.3 Å². The number of hydrogen-bond donors (Lipinski definition) is 1. The lowest BCUT2D eigenvalue weighted by atomic mass is 10.0. The zero-order valence-electron chi connectivity index (χ0n) is 19.8. The average Bonchev–Trinajstić information content (AvgIpc) is 3.23. The number of halogens is 1. The van der Waals surface area contributed by atoms with Gasteiger partial charge in [0.1, 0.15) is 12.4 Å². The van der Waals surface area contributed by atoms with Gasteiger partial charge in [0.05, 0.1) is 22.6 Å². The standard InChI is InChI=1S/C27H22FN3O5S/c1-3-4-19-13-18(15-24-26(32)30-27(37-24)29-21-9-7-20(28)8-10-21)14-23(35-2)25(19)36-16-17-5-11-22(12-6-17)31(33)34/h3,5-15H,1,4,16H2,2H3,(H,29,30,32)/b24-15+. The highest BCUT2D eigenvalue weighted by atomic mass is 32.2. The molecule has 1 aliphatic heterocycles. The van der Waals surface area contributed by atoms with Gasteiger partial charge in [-0.05, 0) is 83.9 Å². The van der Waals surface area contributed by atoms with Crippen LogP contribution in [-0.2, 0) is 17.8 Å². The average molecular weight is 520 g/mol. The van der Waals surface area contributed by atoms with Crippen LogP contribution in [0.1, 0.15) is 16.7 Å². The highest BCUT2D eigenvalue weighted by molar-refractivity contribution is 8.18. The van der Waals surface area contributed by atoms with E-state index in [-0.39, 0.29) is 24.0 Å². The first kappa shape index (κ1) is 25.6. The summed E-state index contributed by atoms with van der Waals surface area (Å²) in [6.45, 7) is 4.00. The van der Waals surface area contributed by atoms with Crippen molar-refractivity contribution in [2.45, 2.75) is 13.0 Å². The highest BCUT2D eigenvalue weighted by Gasteiger charge is 2.24. The molecule has 1 aliphatic rings. The minimum Gasteiger partial charge on any atom is -0.493 e. The summed E-state index contributed by atoms with van der Waals surface area (Å²) in [6, 6.07) is 15.4. The van der Waals surface area contributed by atoms with Crippen molar-refractivity contribution in [3.8, 4) is 11.5 Å². The fraction of sp³-hybridized carbons (Fsp3) is 0.111. The maximum Gasteiger partial charge on any atom is 0.269 e. The molecule has 0 atom stereocenters. The van der Waals surface area contributed by atoms with Gasteiger partial charge in [-0.2, -0.15) is 0 Å². The van der Waals surface area contributed by atoms with Gasteiger partial charge < -0.3 is 14.8 Å². The van der Waals surface area contributed by atoms with Gasteiger partial charge >= 0.3 is 0 Å². The first-order valence-electron chi connectivity index (χ1n) is 11.1. The molecule has 0 unspecified atom stereocenters.